The van der Waals surface area contributed by atoms with Gasteiger partial charge < -0.3 is 30.5 Å². The number of amides is 3. The van der Waals surface area contributed by atoms with Gasteiger partial charge in [0.1, 0.15) is 17.7 Å². The highest BCUT2D eigenvalue weighted by Crippen LogP contribution is 2.26. The fourth-order valence-corrected chi connectivity index (χ4v) is 3.09. The van der Waals surface area contributed by atoms with Crippen molar-refractivity contribution in [2.75, 3.05) is 19.8 Å². The molecule has 180 valence electrons. The van der Waals surface area contributed by atoms with E-state index >= 15 is 0 Å². The zero-order valence-electron chi connectivity index (χ0n) is 20.1. The van der Waals surface area contributed by atoms with E-state index in [2.05, 4.69) is 10.6 Å². The Morgan fingerprint density at radius 1 is 1.06 bits per heavy atom. The molecule has 0 bridgehead atoms. The number of carbonyl (C=O) groups excluding carboxylic acids is 3. The van der Waals surface area contributed by atoms with E-state index in [-0.39, 0.29) is 6.54 Å². The van der Waals surface area contributed by atoms with Gasteiger partial charge in [0, 0.05) is 12.1 Å². The van der Waals surface area contributed by atoms with Crippen LogP contribution in [0.4, 0.5) is 4.79 Å². The normalized spacial score (nSPS) is 13.7. The van der Waals surface area contributed by atoms with Crippen molar-refractivity contribution in [3.8, 4) is 0 Å². The predicted molar refractivity (Wildman–Crippen MR) is 121 cm³/mol. The molecule has 9 heteroatoms. The lowest BCUT2D eigenvalue weighted by Gasteiger charge is -2.35. The maximum Gasteiger partial charge on any atom is 0.408 e. The summed E-state index contributed by atoms with van der Waals surface area (Å²) in [6.45, 7) is 11.0. The standard InChI is InChI=1S/C23H37N3O6/c1-15-10-8-9-11-16(15)18(19(29)25-22(2,3)4)26(12-13-27)20(30)17(14-28)24-21(31)32-23(5,6)7/h8-11,17-18,27-28H,12-14H2,1-7H3,(H,24,31)(H,25,29). The molecule has 0 saturated carbocycles. The Morgan fingerprint density at radius 2 is 1.66 bits per heavy atom. The smallest absolute Gasteiger partial charge is 0.408 e. The van der Waals surface area contributed by atoms with Crippen molar-refractivity contribution in [3.63, 3.8) is 0 Å². The van der Waals surface area contributed by atoms with Gasteiger partial charge in [-0.25, -0.2) is 4.79 Å². The second-order valence-corrected chi connectivity index (χ2v) is 9.64. The molecule has 0 heterocycles. The average molecular weight is 452 g/mol. The highest BCUT2D eigenvalue weighted by molar-refractivity contribution is 5.92. The Bertz CT molecular complexity index is 798. The monoisotopic (exact) mass is 451 g/mol. The molecule has 0 aromatic heterocycles. The van der Waals surface area contributed by atoms with Gasteiger partial charge in [-0.1, -0.05) is 24.3 Å². The second kappa shape index (κ2) is 11.3. The zero-order chi connectivity index (χ0) is 24.7. The summed E-state index contributed by atoms with van der Waals surface area (Å²) < 4.78 is 5.18. The third kappa shape index (κ3) is 8.47. The van der Waals surface area contributed by atoms with E-state index < -0.39 is 54.3 Å². The molecule has 32 heavy (non-hydrogen) atoms. The number of nitrogens with zero attached hydrogens (tertiary/aromatic N) is 1. The topological polar surface area (TPSA) is 128 Å². The predicted octanol–water partition coefficient (Wildman–Crippen LogP) is 1.66. The maximum atomic E-state index is 13.4. The summed E-state index contributed by atoms with van der Waals surface area (Å²) in [5, 5.41) is 24.7. The minimum atomic E-state index is -1.36. The number of hydrogen-bond acceptors (Lipinski definition) is 6. The molecule has 2 atom stereocenters. The largest absolute Gasteiger partial charge is 0.444 e. The van der Waals surface area contributed by atoms with Crippen LogP contribution in [0.3, 0.4) is 0 Å². The molecule has 2 unspecified atom stereocenters. The Balaban J connectivity index is 3.37. The molecule has 0 spiro atoms. The molecule has 1 aromatic carbocycles. The Kier molecular flexibility index (Phi) is 9.66. The maximum absolute atomic E-state index is 13.4. The molecule has 1 rings (SSSR count). The van der Waals surface area contributed by atoms with Crippen molar-refractivity contribution in [1.82, 2.24) is 15.5 Å². The second-order valence-electron chi connectivity index (χ2n) is 9.64. The Labute approximate surface area is 190 Å². The van der Waals surface area contributed by atoms with Crippen molar-refractivity contribution in [1.29, 1.82) is 0 Å². The summed E-state index contributed by atoms with van der Waals surface area (Å²) in [7, 11) is 0. The molecule has 1 aromatic rings. The van der Waals surface area contributed by atoms with Crippen LogP contribution < -0.4 is 10.6 Å². The van der Waals surface area contributed by atoms with E-state index in [4.69, 9.17) is 4.74 Å². The number of benzene rings is 1. The van der Waals surface area contributed by atoms with Crippen LogP contribution in [0.2, 0.25) is 0 Å². The first-order valence-corrected chi connectivity index (χ1v) is 10.6. The van der Waals surface area contributed by atoms with Crippen molar-refractivity contribution in [3.05, 3.63) is 35.4 Å². The first-order valence-electron chi connectivity index (χ1n) is 10.6. The highest BCUT2D eigenvalue weighted by Gasteiger charge is 2.37. The number of carbonyl (C=O) groups is 3. The molecule has 0 fully saturated rings. The van der Waals surface area contributed by atoms with Crippen LogP contribution in [0.15, 0.2) is 24.3 Å². The number of alkyl carbamates (subject to hydrolysis) is 1. The third-order valence-corrected chi connectivity index (χ3v) is 4.34. The number of aliphatic hydroxyl groups is 2. The van der Waals surface area contributed by atoms with E-state index in [1.54, 1.807) is 32.9 Å². The summed E-state index contributed by atoms with van der Waals surface area (Å²) in [6.07, 6.45) is -0.875. The van der Waals surface area contributed by atoms with Gasteiger partial charge in [0.25, 0.3) is 0 Å². The quantitative estimate of drug-likeness (QED) is 0.476. The molecule has 0 aliphatic carbocycles. The van der Waals surface area contributed by atoms with Crippen LogP contribution in [-0.4, -0.2) is 70.0 Å². The van der Waals surface area contributed by atoms with Crippen LogP contribution >= 0.6 is 0 Å². The SMILES string of the molecule is Cc1ccccc1C(C(=O)NC(C)(C)C)N(CCO)C(=O)C(CO)NC(=O)OC(C)(C)C. The van der Waals surface area contributed by atoms with Crippen LogP contribution in [0, 0.1) is 6.92 Å². The summed E-state index contributed by atoms with van der Waals surface area (Å²) in [5.74, 6) is -1.16. The molecular weight excluding hydrogens is 414 g/mol. The lowest BCUT2D eigenvalue weighted by atomic mass is 9.97. The molecule has 9 nitrogen and oxygen atoms in total. The molecule has 4 N–H and O–H groups in total. The number of ether oxygens (including phenoxy) is 1. The minimum absolute atomic E-state index is 0.179. The molecular formula is C23H37N3O6. The summed E-state index contributed by atoms with van der Waals surface area (Å²) in [4.78, 5) is 40.0. The van der Waals surface area contributed by atoms with E-state index in [0.29, 0.717) is 5.56 Å². The van der Waals surface area contributed by atoms with E-state index in [1.807, 2.05) is 39.8 Å². The number of rotatable bonds is 8. The zero-order valence-corrected chi connectivity index (χ0v) is 20.1. The van der Waals surface area contributed by atoms with Gasteiger partial charge >= 0.3 is 6.09 Å². The molecule has 0 radical (unpaired) electrons. The van der Waals surface area contributed by atoms with Gasteiger partial charge in [-0.2, -0.15) is 0 Å². The number of aryl methyl sites for hydroxylation is 1. The van der Waals surface area contributed by atoms with Gasteiger partial charge in [0.2, 0.25) is 11.8 Å². The first kappa shape index (κ1) is 27.4. The fraction of sp³-hybridized carbons (Fsp3) is 0.609. The van der Waals surface area contributed by atoms with Crippen LogP contribution in [0.1, 0.15) is 58.7 Å². The lowest BCUT2D eigenvalue weighted by molar-refractivity contribution is -0.144. The van der Waals surface area contributed by atoms with Gasteiger partial charge in [-0.3, -0.25) is 9.59 Å². The van der Waals surface area contributed by atoms with E-state index in [1.165, 1.54) is 4.90 Å². The van der Waals surface area contributed by atoms with Gasteiger partial charge in [-0.15, -0.1) is 0 Å². The third-order valence-electron chi connectivity index (χ3n) is 4.34. The summed E-state index contributed by atoms with van der Waals surface area (Å²) in [5.41, 5.74) is -0.0198. The van der Waals surface area contributed by atoms with Crippen LogP contribution in [0.5, 0.6) is 0 Å². The van der Waals surface area contributed by atoms with Crippen molar-refractivity contribution >= 4 is 17.9 Å². The van der Waals surface area contributed by atoms with Crippen molar-refractivity contribution < 1.29 is 29.3 Å². The summed E-state index contributed by atoms with van der Waals surface area (Å²) in [6, 6.07) is 4.68. The number of hydrogen-bond donors (Lipinski definition) is 4. The lowest BCUT2D eigenvalue weighted by Crippen LogP contribution is -2.56. The summed E-state index contributed by atoms with van der Waals surface area (Å²) >= 11 is 0. The van der Waals surface area contributed by atoms with Crippen molar-refractivity contribution in [2.24, 2.45) is 0 Å². The first-order chi connectivity index (χ1) is 14.7. The van der Waals surface area contributed by atoms with E-state index in [0.717, 1.165) is 5.56 Å². The molecule has 0 aliphatic heterocycles. The van der Waals surface area contributed by atoms with Crippen LogP contribution in [-0.2, 0) is 14.3 Å². The molecule has 3 amide bonds. The highest BCUT2D eigenvalue weighted by atomic mass is 16.6. The van der Waals surface area contributed by atoms with Gasteiger partial charge in [0.15, 0.2) is 0 Å². The molecule has 0 aliphatic rings. The fourth-order valence-electron chi connectivity index (χ4n) is 3.09. The van der Waals surface area contributed by atoms with E-state index in [9.17, 15) is 24.6 Å². The average Bonchev–Trinajstić information content (AvgIpc) is 2.63. The van der Waals surface area contributed by atoms with Crippen molar-refractivity contribution in [2.45, 2.75) is 71.7 Å². The minimum Gasteiger partial charge on any atom is -0.444 e. The Hall–Kier alpha value is -2.65. The Morgan fingerprint density at radius 3 is 2.12 bits per heavy atom. The molecule has 0 saturated heterocycles. The van der Waals surface area contributed by atoms with Gasteiger partial charge in [-0.05, 0) is 59.6 Å². The number of nitrogens with one attached hydrogen (secondary N) is 2. The number of aliphatic hydroxyl groups excluding tert-OH is 2. The van der Waals surface area contributed by atoms with Gasteiger partial charge in [0.05, 0.1) is 13.2 Å². The van der Waals surface area contributed by atoms with Crippen LogP contribution in [0.25, 0.3) is 0 Å².